The molecule has 0 saturated carbocycles. The van der Waals surface area contributed by atoms with E-state index in [1.165, 1.54) is 0 Å². The van der Waals surface area contributed by atoms with E-state index >= 15 is 0 Å². The van der Waals surface area contributed by atoms with Gasteiger partial charge in [-0.1, -0.05) is 0 Å². The van der Waals surface area contributed by atoms with Gasteiger partial charge in [0.1, 0.15) is 0 Å². The van der Waals surface area contributed by atoms with Gasteiger partial charge in [-0.05, 0) is 0 Å². The highest BCUT2D eigenvalue weighted by Crippen LogP contribution is 2.26. The second kappa shape index (κ2) is 4.65. The van der Waals surface area contributed by atoms with Crippen molar-refractivity contribution in [1.29, 1.82) is 0 Å². The van der Waals surface area contributed by atoms with E-state index in [0.29, 0.717) is 0 Å². The lowest BCUT2D eigenvalue weighted by Gasteiger charge is -2.12. The minimum Gasteiger partial charge on any atom is -0.481 e. The van der Waals surface area contributed by atoms with Crippen LogP contribution in [0.25, 0.3) is 0 Å². The highest BCUT2D eigenvalue weighted by Gasteiger charge is 2.49. The summed E-state index contributed by atoms with van der Waals surface area (Å²) in [5.74, 6) is -3.94. The van der Waals surface area contributed by atoms with E-state index in [2.05, 4.69) is 4.18 Å². The molecule has 1 atom stereocenters. The van der Waals surface area contributed by atoms with Crippen molar-refractivity contribution in [2.45, 2.75) is 18.0 Å². The van der Waals surface area contributed by atoms with Crippen molar-refractivity contribution in [2.75, 3.05) is 0 Å². The maximum atomic E-state index is 11.7. The zero-order valence-electron chi connectivity index (χ0n) is 7.26. The first-order chi connectivity index (χ1) is 6.97. The molecule has 0 radical (unpaired) electrons. The Kier molecular flexibility index (Phi) is 4.26. The lowest BCUT2D eigenvalue weighted by molar-refractivity contribution is -0.152. The van der Waals surface area contributed by atoms with Gasteiger partial charge in [0.15, 0.2) is 6.10 Å². The summed E-state index contributed by atoms with van der Waals surface area (Å²) in [6.45, 7) is 0. The summed E-state index contributed by atoms with van der Waals surface area (Å²) in [7, 11) is -6.13. The molecule has 1 unspecified atom stereocenters. The standard InChI is InChI=1S/C5H5F3O7S/c6-5(7,8)16(13,14)15-2(4(11)12)1-3(9)10/h2H,1H2,(H,9,10)(H,11,12). The number of halogens is 3. The average molecular weight is 266 g/mol. The van der Waals surface area contributed by atoms with Crippen LogP contribution in [-0.4, -0.2) is 42.2 Å². The Morgan fingerprint density at radius 3 is 1.94 bits per heavy atom. The fourth-order valence-corrected chi connectivity index (χ4v) is 1.09. The van der Waals surface area contributed by atoms with Gasteiger partial charge in [-0.15, -0.1) is 0 Å². The van der Waals surface area contributed by atoms with Gasteiger partial charge in [0.2, 0.25) is 0 Å². The largest absolute Gasteiger partial charge is 0.523 e. The Morgan fingerprint density at radius 2 is 1.69 bits per heavy atom. The van der Waals surface area contributed by atoms with Gasteiger partial charge in [0, 0.05) is 0 Å². The number of hydrogen-bond donors (Lipinski definition) is 2. The molecule has 0 aromatic carbocycles. The van der Waals surface area contributed by atoms with Gasteiger partial charge in [-0.25, -0.2) is 8.98 Å². The highest BCUT2D eigenvalue weighted by atomic mass is 32.2. The fraction of sp³-hybridized carbons (Fsp3) is 0.600. The lowest BCUT2D eigenvalue weighted by Crippen LogP contribution is -2.35. The molecule has 0 rings (SSSR count). The van der Waals surface area contributed by atoms with Crippen molar-refractivity contribution in [1.82, 2.24) is 0 Å². The number of aliphatic carboxylic acids is 2. The van der Waals surface area contributed by atoms with E-state index in [0.717, 1.165) is 0 Å². The third kappa shape index (κ3) is 4.02. The summed E-state index contributed by atoms with van der Waals surface area (Å²) in [4.78, 5) is 20.2. The molecule has 0 aliphatic heterocycles. The predicted octanol–water partition coefficient (Wildman–Crippen LogP) is -0.219. The van der Waals surface area contributed by atoms with E-state index in [1.807, 2.05) is 0 Å². The zero-order chi connectivity index (χ0) is 13.1. The Bertz CT molecular complexity index is 383. The molecule has 0 bridgehead atoms. The maximum Gasteiger partial charge on any atom is 0.523 e. The van der Waals surface area contributed by atoms with Crippen LogP contribution in [0.15, 0.2) is 0 Å². The van der Waals surface area contributed by atoms with E-state index in [9.17, 15) is 31.2 Å². The molecular weight excluding hydrogens is 261 g/mol. The molecule has 94 valence electrons. The van der Waals surface area contributed by atoms with E-state index in [-0.39, 0.29) is 0 Å². The molecule has 11 heteroatoms. The van der Waals surface area contributed by atoms with Gasteiger partial charge >= 0.3 is 27.6 Å². The molecule has 0 saturated heterocycles. The van der Waals surface area contributed by atoms with Crippen LogP contribution in [0.5, 0.6) is 0 Å². The van der Waals surface area contributed by atoms with Crippen molar-refractivity contribution in [3.8, 4) is 0 Å². The summed E-state index contributed by atoms with van der Waals surface area (Å²) in [5, 5.41) is 16.3. The third-order valence-electron chi connectivity index (χ3n) is 1.16. The highest BCUT2D eigenvalue weighted by molar-refractivity contribution is 7.87. The SMILES string of the molecule is O=C(O)CC(OS(=O)(=O)C(F)(F)F)C(=O)O. The molecule has 0 aliphatic carbocycles. The number of carbonyl (C=O) groups is 2. The van der Waals surface area contributed by atoms with Crippen LogP contribution in [0.4, 0.5) is 13.2 Å². The Balaban J connectivity index is 4.91. The summed E-state index contributed by atoms with van der Waals surface area (Å²) in [5.41, 5.74) is -5.81. The van der Waals surface area contributed by atoms with Crippen LogP contribution >= 0.6 is 0 Å². The number of carboxylic acids is 2. The fourth-order valence-electron chi connectivity index (χ4n) is 0.529. The number of alkyl halides is 3. The molecule has 7 nitrogen and oxygen atoms in total. The van der Waals surface area contributed by atoms with Crippen molar-refractivity contribution in [3.63, 3.8) is 0 Å². The maximum absolute atomic E-state index is 11.7. The van der Waals surface area contributed by atoms with E-state index in [4.69, 9.17) is 10.2 Å². The summed E-state index contributed by atoms with van der Waals surface area (Å²) in [6.07, 6.45) is -4.03. The Labute approximate surface area is 86.6 Å². The molecule has 0 fully saturated rings. The molecular formula is C5H5F3O7S. The Morgan fingerprint density at radius 1 is 1.25 bits per heavy atom. The molecule has 2 N–H and O–H groups in total. The molecule has 0 aromatic rings. The lowest BCUT2D eigenvalue weighted by atomic mass is 10.3. The molecule has 0 amide bonds. The second-order valence-corrected chi connectivity index (χ2v) is 3.98. The van der Waals surface area contributed by atoms with Gasteiger partial charge in [-0.2, -0.15) is 21.6 Å². The first-order valence-corrected chi connectivity index (χ1v) is 4.82. The zero-order valence-corrected chi connectivity index (χ0v) is 8.08. The molecule has 0 spiro atoms. The number of rotatable bonds is 5. The van der Waals surface area contributed by atoms with Crippen LogP contribution in [0.1, 0.15) is 6.42 Å². The van der Waals surface area contributed by atoms with Crippen LogP contribution in [-0.2, 0) is 23.9 Å². The molecule has 0 aromatic heterocycles. The van der Waals surface area contributed by atoms with E-state index in [1.54, 1.807) is 0 Å². The summed E-state index contributed by atoms with van der Waals surface area (Å²) < 4.78 is 59.2. The monoisotopic (exact) mass is 266 g/mol. The van der Waals surface area contributed by atoms with Crippen molar-refractivity contribution >= 4 is 22.1 Å². The summed E-state index contributed by atoms with van der Waals surface area (Å²) in [6, 6.07) is 0. The minimum absolute atomic E-state index is 1.41. The smallest absolute Gasteiger partial charge is 0.481 e. The average Bonchev–Trinajstić information content (AvgIpc) is 1.98. The van der Waals surface area contributed by atoms with Gasteiger partial charge in [0.25, 0.3) is 0 Å². The van der Waals surface area contributed by atoms with Crippen molar-refractivity contribution in [3.05, 3.63) is 0 Å². The topological polar surface area (TPSA) is 118 Å². The molecule has 0 aliphatic rings. The first-order valence-electron chi connectivity index (χ1n) is 3.41. The first kappa shape index (κ1) is 14.6. The van der Waals surface area contributed by atoms with Gasteiger partial charge < -0.3 is 10.2 Å². The summed E-state index contributed by atoms with van der Waals surface area (Å²) >= 11 is 0. The molecule has 16 heavy (non-hydrogen) atoms. The van der Waals surface area contributed by atoms with Crippen LogP contribution in [0, 0.1) is 0 Å². The minimum atomic E-state index is -6.13. The third-order valence-corrected chi connectivity index (χ3v) is 2.21. The number of carboxylic acid groups (broad SMARTS) is 2. The van der Waals surface area contributed by atoms with Crippen molar-refractivity contribution in [2.24, 2.45) is 0 Å². The Hall–Kier alpha value is -1.36. The second-order valence-electron chi connectivity index (χ2n) is 2.42. The normalized spacial score (nSPS) is 14.4. The van der Waals surface area contributed by atoms with Crippen molar-refractivity contribution < 1.29 is 45.6 Å². The van der Waals surface area contributed by atoms with Gasteiger partial charge in [-0.3, -0.25) is 4.79 Å². The number of hydrogen-bond acceptors (Lipinski definition) is 5. The molecule has 0 heterocycles. The predicted molar refractivity (Wildman–Crippen MR) is 39.7 cm³/mol. The van der Waals surface area contributed by atoms with Crippen LogP contribution in [0.2, 0.25) is 0 Å². The quantitative estimate of drug-likeness (QED) is 0.521. The van der Waals surface area contributed by atoms with E-state index < -0.39 is 40.1 Å². The van der Waals surface area contributed by atoms with Gasteiger partial charge in [0.05, 0.1) is 6.42 Å². The van der Waals surface area contributed by atoms with Crippen LogP contribution in [0.3, 0.4) is 0 Å². The van der Waals surface area contributed by atoms with Crippen LogP contribution < -0.4 is 0 Å².